The molecule has 26 heteroatoms. The highest BCUT2D eigenvalue weighted by Crippen LogP contribution is 2.37. The fourth-order valence-corrected chi connectivity index (χ4v) is 11.3. The maximum Gasteiger partial charge on any atom is 0.446 e. The summed E-state index contributed by atoms with van der Waals surface area (Å²) in [6.45, 7) is 11.5. The van der Waals surface area contributed by atoms with Gasteiger partial charge in [-0.15, -0.1) is 0 Å². The molecule has 9 aromatic rings. The number of nitrogens with zero attached hydrogens (tertiary/aromatic N) is 12. The normalized spacial score (nSPS) is 17.0. The molecular formula is C67H76Br2F3N13O8. The van der Waals surface area contributed by atoms with Gasteiger partial charge in [-0.25, -0.2) is 29.9 Å². The lowest BCUT2D eigenvalue weighted by molar-refractivity contribution is -0.156. The summed E-state index contributed by atoms with van der Waals surface area (Å²) in [5, 5.41) is 12.4. The van der Waals surface area contributed by atoms with Gasteiger partial charge in [-0.1, -0.05) is 103 Å². The van der Waals surface area contributed by atoms with E-state index in [1.165, 1.54) is 11.1 Å². The van der Waals surface area contributed by atoms with E-state index in [9.17, 15) is 18.0 Å². The van der Waals surface area contributed by atoms with Gasteiger partial charge in [-0.2, -0.15) is 18.4 Å². The quantitative estimate of drug-likeness (QED) is 0.140. The molecule has 15 rings (SSSR count). The predicted octanol–water partition coefficient (Wildman–Crippen LogP) is 12.9. The van der Waals surface area contributed by atoms with Gasteiger partial charge >= 0.3 is 6.18 Å². The summed E-state index contributed by atoms with van der Waals surface area (Å²) in [6, 6.07) is 37.6. The van der Waals surface area contributed by atoms with E-state index in [-0.39, 0.29) is 48.0 Å². The van der Waals surface area contributed by atoms with E-state index in [1.54, 1.807) is 43.0 Å². The first-order valence-corrected chi connectivity index (χ1v) is 29.9. The van der Waals surface area contributed by atoms with Gasteiger partial charge in [0.1, 0.15) is 64.5 Å². The first-order chi connectivity index (χ1) is 44.4. The van der Waals surface area contributed by atoms with Crippen molar-refractivity contribution < 1.29 is 54.2 Å². The summed E-state index contributed by atoms with van der Waals surface area (Å²) >= 11 is 6.97. The Morgan fingerprint density at radius 2 is 0.957 bits per heavy atom. The van der Waals surface area contributed by atoms with E-state index in [2.05, 4.69) is 141 Å². The maximum atomic E-state index is 10.6. The number of pyridine rings is 3. The molecule has 3 atom stereocenters. The summed E-state index contributed by atoms with van der Waals surface area (Å²) in [4.78, 5) is 49.7. The number of carbonyl (C=O) groups is 2. The van der Waals surface area contributed by atoms with Crippen LogP contribution in [0, 0.1) is 11.3 Å². The van der Waals surface area contributed by atoms with E-state index in [1.807, 2.05) is 59.4 Å². The van der Waals surface area contributed by atoms with Crippen LogP contribution in [0.5, 0.6) is 34.9 Å². The fraction of sp³-hybridized carbons (Fsp3) is 0.328. The molecule has 21 nitrogen and oxygen atoms in total. The second-order valence-corrected chi connectivity index (χ2v) is 22.4. The molecule has 0 aliphatic carbocycles. The van der Waals surface area contributed by atoms with E-state index in [0.29, 0.717) is 66.0 Å². The molecule has 6 aliphatic rings. The van der Waals surface area contributed by atoms with E-state index in [0.717, 1.165) is 122 Å². The van der Waals surface area contributed by atoms with Crippen molar-refractivity contribution in [1.29, 1.82) is 5.26 Å². The Kier molecular flexibility index (Phi) is 25.2. The van der Waals surface area contributed by atoms with Gasteiger partial charge in [-0.05, 0) is 96.1 Å². The van der Waals surface area contributed by atoms with Crippen molar-refractivity contribution >= 4 is 44.4 Å². The molecule has 6 aliphatic heterocycles. The zero-order chi connectivity index (χ0) is 63.7. The number of carbonyl (C=O) groups excluding carboxylic acids is 2. The Balaban J connectivity index is 0.000000199. The van der Waals surface area contributed by atoms with Crippen LogP contribution in [0.15, 0.2) is 156 Å². The number of benzene rings is 3. The molecule has 6 aromatic heterocycles. The standard InChI is InChI=1S/C21H19N5O2.C20H19BrN4O2.C14H11NO3.C6H8BrN3.C2HF3O.4CH4.H2/c22-10-17-11-24-20-13-25(8-9-26(17)20)12-15-3-5-16(6-4-15)19-14-27-18-2-1-7-23-21(18)28-19;21-18-10-23-19-12-24(8-9-25(18)19)11-14-3-5-15(6-4-14)17-13-26-16-2-1-7-22-20(16)27-17;16-8-10-3-5-11(6-4-10)13-9-17-12-2-1-7-15-14(12)18-13;7-5-3-9-6-4-8-1-2-10(5)6;3-2(4,5)1-6;;;;;/h1-7,11,19H,8-9,12-14H2;1-7,10,17H,8-9,11-13H2;1-8,13H,9H2;3,8H,1-2,4H2;1H;4*1H4;1H/t19-;17-;13-;;;;;;;/m111......./s1/i;;;;;;;;;1+1D. The Labute approximate surface area is 558 Å². The molecule has 0 fully saturated rings. The number of nitrogens with one attached hydrogen (secondary N) is 1. The summed E-state index contributed by atoms with van der Waals surface area (Å²) < 4.78 is 84.7. The first-order valence-electron chi connectivity index (χ1n) is 29.4. The van der Waals surface area contributed by atoms with Crippen LogP contribution in [-0.4, -0.2) is 112 Å². The van der Waals surface area contributed by atoms with Gasteiger partial charge in [0.15, 0.2) is 35.6 Å². The van der Waals surface area contributed by atoms with Crippen molar-refractivity contribution in [2.45, 2.75) is 107 Å². The van der Waals surface area contributed by atoms with Crippen molar-refractivity contribution in [2.24, 2.45) is 0 Å². The van der Waals surface area contributed by atoms with Crippen LogP contribution in [0.3, 0.4) is 0 Å². The van der Waals surface area contributed by atoms with Crippen molar-refractivity contribution in [3.63, 3.8) is 0 Å². The van der Waals surface area contributed by atoms with Gasteiger partial charge in [0, 0.05) is 79.5 Å². The zero-order valence-electron chi connectivity index (χ0n) is 49.7. The molecule has 3 aromatic carbocycles. The molecule has 93 heavy (non-hydrogen) atoms. The van der Waals surface area contributed by atoms with Crippen LogP contribution >= 0.6 is 31.9 Å². The Bertz CT molecular complexity index is 3920. The molecule has 0 saturated carbocycles. The van der Waals surface area contributed by atoms with E-state index in [4.69, 9.17) is 41.4 Å². The molecule has 0 amide bonds. The lowest BCUT2D eigenvalue weighted by Gasteiger charge is -2.28. The summed E-state index contributed by atoms with van der Waals surface area (Å²) in [5.74, 6) is 6.88. The minimum atomic E-state index is -4.64. The molecule has 0 radical (unpaired) electrons. The van der Waals surface area contributed by atoms with Crippen LogP contribution in [0.1, 0.15) is 112 Å². The number of aldehydes is 2. The van der Waals surface area contributed by atoms with E-state index >= 15 is 0 Å². The third-order valence-corrected chi connectivity index (χ3v) is 16.1. The van der Waals surface area contributed by atoms with Gasteiger partial charge < -0.3 is 47.4 Å². The highest BCUT2D eigenvalue weighted by molar-refractivity contribution is 9.10. The molecular weight excluding hydrogens is 1330 g/mol. The third-order valence-electron chi connectivity index (χ3n) is 14.9. The molecule has 0 saturated heterocycles. The van der Waals surface area contributed by atoms with Crippen LogP contribution in [-0.2, 0) is 57.2 Å². The van der Waals surface area contributed by atoms with E-state index < -0.39 is 12.5 Å². The highest BCUT2D eigenvalue weighted by Gasteiger charge is 2.28. The lowest BCUT2D eigenvalue weighted by Crippen LogP contribution is -2.33. The summed E-state index contributed by atoms with van der Waals surface area (Å²) in [7, 11) is 0. The zero-order valence-corrected chi connectivity index (χ0v) is 50.8. The summed E-state index contributed by atoms with van der Waals surface area (Å²) in [5.41, 5.74) is 6.96. The number of fused-ring (bicyclic) bond motifs is 6. The number of ether oxygens (including phenoxy) is 6. The number of rotatable bonds is 8. The minimum Gasteiger partial charge on any atom is -0.484 e. The van der Waals surface area contributed by atoms with Crippen molar-refractivity contribution in [1.82, 2.24) is 58.7 Å². The molecule has 492 valence electrons. The molecule has 0 bridgehead atoms. The van der Waals surface area contributed by atoms with Crippen LogP contribution in [0.4, 0.5) is 13.2 Å². The topological polar surface area (TPSA) is 224 Å². The van der Waals surface area contributed by atoms with Crippen LogP contribution in [0.2, 0.25) is 0 Å². The second kappa shape index (κ2) is 33.5. The smallest absolute Gasteiger partial charge is 0.446 e. The average molecular weight is 1410 g/mol. The largest absolute Gasteiger partial charge is 0.484 e. The number of aromatic nitrogens is 9. The number of hydrogen-bond donors (Lipinski definition) is 1. The fourth-order valence-electron chi connectivity index (χ4n) is 10.3. The third kappa shape index (κ3) is 18.4. The number of hydrogen-bond acceptors (Lipinski definition) is 18. The minimum absolute atomic E-state index is 0. The highest BCUT2D eigenvalue weighted by atomic mass is 79.9. The van der Waals surface area contributed by atoms with Gasteiger partial charge in [0.05, 0.1) is 38.2 Å². The monoisotopic (exact) mass is 1410 g/mol. The van der Waals surface area contributed by atoms with Gasteiger partial charge in [0.2, 0.25) is 6.29 Å². The number of imidazole rings is 3. The lowest BCUT2D eigenvalue weighted by atomic mass is 10.1. The number of halogens is 5. The van der Waals surface area contributed by atoms with Crippen molar-refractivity contribution in [3.05, 3.63) is 212 Å². The Hall–Kier alpha value is -9.00. The van der Waals surface area contributed by atoms with Gasteiger partial charge in [-0.3, -0.25) is 19.4 Å². The maximum absolute atomic E-state index is 10.6. The number of nitriles is 1. The van der Waals surface area contributed by atoms with Crippen molar-refractivity contribution in [2.75, 3.05) is 39.5 Å². The van der Waals surface area contributed by atoms with Crippen LogP contribution in [0.25, 0.3) is 0 Å². The summed E-state index contributed by atoms with van der Waals surface area (Å²) in [6.07, 6.45) is 5.14. The second-order valence-electron chi connectivity index (χ2n) is 20.8. The van der Waals surface area contributed by atoms with Crippen molar-refractivity contribution in [3.8, 4) is 41.0 Å². The van der Waals surface area contributed by atoms with Crippen LogP contribution < -0.4 is 33.7 Å². The SMILES string of the molecule is Brc1cnc2n1CCN(Cc1ccc([C@H]3COc4cccnc4O3)cc1)C2.Brc1cnc2n1CCNC2.C.C.C.C.N#Cc1cnc2n1CCN(Cc1ccc([C@H]3COc4cccnc4O3)cc1)C2.O=CC(F)(F)F.O=Cc1ccc([C@H]2COc3cccnc3O2)cc1.[2H][2H]. The first kappa shape index (κ1) is 69.9. The molecule has 1 N–H and O–H groups in total. The molecule has 0 spiro atoms. The molecule has 12 heterocycles. The Morgan fingerprint density at radius 1 is 0.559 bits per heavy atom. The Morgan fingerprint density at radius 3 is 1.38 bits per heavy atom. The molecule has 0 unspecified atom stereocenters. The van der Waals surface area contributed by atoms with Gasteiger partial charge in [0.25, 0.3) is 17.6 Å². The predicted molar refractivity (Wildman–Crippen MR) is 352 cm³/mol. The number of alkyl halides is 3. The average Bonchev–Trinajstić information content (AvgIpc) is 1.45.